The molecule has 64 valence electrons. The van der Waals surface area contributed by atoms with Gasteiger partial charge in [-0.2, -0.15) is 0 Å². The van der Waals surface area contributed by atoms with Gasteiger partial charge in [0.1, 0.15) is 0 Å². The second kappa shape index (κ2) is 9.24. The van der Waals surface area contributed by atoms with E-state index in [0.29, 0.717) is 0 Å². The number of aromatic nitrogens is 1. The minimum Gasteiger partial charge on any atom is -0.368 e. The molecule has 11 heavy (non-hydrogen) atoms. The average molecular weight is 154 g/mol. The van der Waals surface area contributed by atoms with Crippen LogP contribution in [0.2, 0.25) is 0 Å². The monoisotopic (exact) mass is 154 g/mol. The van der Waals surface area contributed by atoms with Crippen molar-refractivity contribution >= 4 is 0 Å². The van der Waals surface area contributed by atoms with E-state index in [0.717, 1.165) is 6.54 Å². The van der Waals surface area contributed by atoms with Gasteiger partial charge in [0, 0.05) is 12.4 Å². The van der Waals surface area contributed by atoms with Crippen LogP contribution in [-0.2, 0) is 0 Å². The van der Waals surface area contributed by atoms with E-state index in [1.54, 1.807) is 0 Å². The van der Waals surface area contributed by atoms with Gasteiger partial charge >= 0.3 is 0 Å². The Kier molecular flexibility index (Phi) is 8.60. The van der Waals surface area contributed by atoms with Crippen molar-refractivity contribution in [2.75, 3.05) is 6.54 Å². The summed E-state index contributed by atoms with van der Waals surface area (Å²) in [6.07, 6.45) is 7.50. The molecule has 1 rings (SSSR count). The van der Waals surface area contributed by atoms with Crippen LogP contribution in [0.5, 0.6) is 0 Å². The van der Waals surface area contributed by atoms with Crippen molar-refractivity contribution < 1.29 is 0 Å². The first-order chi connectivity index (χ1) is 5.41. The van der Waals surface area contributed by atoms with Gasteiger partial charge in [0.05, 0.1) is 0 Å². The molecule has 2 nitrogen and oxygen atoms in total. The van der Waals surface area contributed by atoms with E-state index in [2.05, 4.69) is 11.9 Å². The molecule has 0 aliphatic carbocycles. The van der Waals surface area contributed by atoms with Crippen LogP contribution in [0.3, 0.4) is 0 Å². The van der Waals surface area contributed by atoms with Crippen molar-refractivity contribution in [3.63, 3.8) is 0 Å². The lowest BCUT2D eigenvalue weighted by Gasteiger charge is -1.86. The molecule has 0 aromatic carbocycles. The van der Waals surface area contributed by atoms with Crippen LogP contribution in [0.15, 0.2) is 24.5 Å². The Morgan fingerprint density at radius 2 is 1.82 bits per heavy atom. The number of nitrogens with two attached hydrogens (primary N) is 1. The van der Waals surface area contributed by atoms with Gasteiger partial charge in [0.2, 0.25) is 0 Å². The Bertz CT molecular complexity index is 103. The van der Waals surface area contributed by atoms with Crippen LogP contribution >= 0.6 is 0 Å². The van der Waals surface area contributed by atoms with Crippen LogP contribution < -0.4 is 5.73 Å². The lowest BCUT2D eigenvalue weighted by Crippen LogP contribution is -1.96. The van der Waals surface area contributed by atoms with Crippen LogP contribution in [-0.4, -0.2) is 11.5 Å². The number of hydrogen-bond donors (Lipinski definition) is 2. The Labute approximate surface area is 68.8 Å². The molecule has 0 saturated heterocycles. The van der Waals surface area contributed by atoms with Gasteiger partial charge in [-0.25, -0.2) is 0 Å². The van der Waals surface area contributed by atoms with Crippen LogP contribution in [0.25, 0.3) is 0 Å². The third-order valence-corrected chi connectivity index (χ3v) is 1.30. The van der Waals surface area contributed by atoms with Crippen LogP contribution in [0.1, 0.15) is 26.2 Å². The summed E-state index contributed by atoms with van der Waals surface area (Å²) in [5, 5.41) is 0. The Hall–Kier alpha value is -0.760. The Balaban J connectivity index is 0.000000183. The molecule has 0 unspecified atom stereocenters. The molecule has 0 aliphatic rings. The van der Waals surface area contributed by atoms with Crippen molar-refractivity contribution in [1.82, 2.24) is 4.98 Å². The second-order valence-electron chi connectivity index (χ2n) is 2.38. The summed E-state index contributed by atoms with van der Waals surface area (Å²) in [4.78, 5) is 2.86. The maximum atomic E-state index is 5.21. The number of nitrogens with one attached hydrogen (secondary N) is 1. The van der Waals surface area contributed by atoms with Crippen molar-refractivity contribution in [1.29, 1.82) is 0 Å². The molecular weight excluding hydrogens is 136 g/mol. The summed E-state index contributed by atoms with van der Waals surface area (Å²) < 4.78 is 0. The average Bonchev–Trinajstić information content (AvgIpc) is 2.57. The Morgan fingerprint density at radius 3 is 2.00 bits per heavy atom. The largest absolute Gasteiger partial charge is 0.368 e. The lowest BCUT2D eigenvalue weighted by molar-refractivity contribution is 0.727. The lowest BCUT2D eigenvalue weighted by atomic mass is 10.3. The maximum absolute atomic E-state index is 5.21. The van der Waals surface area contributed by atoms with Crippen LogP contribution in [0.4, 0.5) is 0 Å². The van der Waals surface area contributed by atoms with Gasteiger partial charge in [0.25, 0.3) is 0 Å². The van der Waals surface area contributed by atoms with E-state index in [1.165, 1.54) is 19.3 Å². The highest BCUT2D eigenvalue weighted by Gasteiger charge is 1.75. The standard InChI is InChI=1S/C5H13N.C4H5N/c1-2-3-4-5-6;1-2-4-5-3-1/h2-6H2,1H3;1-5H. The normalized spacial score (nSPS) is 8.55. The summed E-state index contributed by atoms with van der Waals surface area (Å²) in [5.41, 5.74) is 5.21. The van der Waals surface area contributed by atoms with Crippen molar-refractivity contribution in [2.24, 2.45) is 5.73 Å². The molecule has 1 aromatic rings. The fourth-order valence-electron chi connectivity index (χ4n) is 0.672. The molecule has 2 heteroatoms. The van der Waals surface area contributed by atoms with Gasteiger partial charge in [-0.15, -0.1) is 0 Å². The van der Waals surface area contributed by atoms with Gasteiger partial charge in [-0.1, -0.05) is 19.8 Å². The predicted molar refractivity (Wildman–Crippen MR) is 49.4 cm³/mol. The van der Waals surface area contributed by atoms with Gasteiger partial charge in [0.15, 0.2) is 0 Å². The zero-order chi connectivity index (χ0) is 8.36. The molecular formula is C9H18N2. The summed E-state index contributed by atoms with van der Waals surface area (Å²) in [7, 11) is 0. The molecule has 0 bridgehead atoms. The topological polar surface area (TPSA) is 41.8 Å². The summed E-state index contributed by atoms with van der Waals surface area (Å²) in [6, 6.07) is 3.89. The highest BCUT2D eigenvalue weighted by atomic mass is 14.6. The highest BCUT2D eigenvalue weighted by molar-refractivity contribution is 4.84. The number of hydrogen-bond acceptors (Lipinski definition) is 1. The second-order valence-corrected chi connectivity index (χ2v) is 2.38. The predicted octanol–water partition coefficient (Wildman–Crippen LogP) is 2.15. The first-order valence-electron chi connectivity index (χ1n) is 4.19. The molecule has 0 aliphatic heterocycles. The minimum absolute atomic E-state index is 0.855. The summed E-state index contributed by atoms with van der Waals surface area (Å²) >= 11 is 0. The maximum Gasteiger partial charge on any atom is 0.000496 e. The van der Waals surface area contributed by atoms with E-state index in [9.17, 15) is 0 Å². The van der Waals surface area contributed by atoms with E-state index in [-0.39, 0.29) is 0 Å². The number of unbranched alkanes of at least 4 members (excludes halogenated alkanes) is 2. The quantitative estimate of drug-likeness (QED) is 0.643. The first kappa shape index (κ1) is 10.2. The molecule has 0 amide bonds. The first-order valence-corrected chi connectivity index (χ1v) is 4.19. The molecule has 0 atom stereocenters. The zero-order valence-corrected chi connectivity index (χ0v) is 7.22. The van der Waals surface area contributed by atoms with Gasteiger partial charge < -0.3 is 10.7 Å². The van der Waals surface area contributed by atoms with Gasteiger partial charge in [-0.05, 0) is 25.1 Å². The van der Waals surface area contributed by atoms with E-state index in [1.807, 2.05) is 24.5 Å². The summed E-state index contributed by atoms with van der Waals surface area (Å²) in [6.45, 7) is 3.03. The molecule has 3 N–H and O–H groups in total. The molecule has 0 spiro atoms. The minimum atomic E-state index is 0.855. The van der Waals surface area contributed by atoms with E-state index < -0.39 is 0 Å². The molecule has 0 fully saturated rings. The third-order valence-electron chi connectivity index (χ3n) is 1.30. The third kappa shape index (κ3) is 9.24. The number of aromatic amines is 1. The summed E-state index contributed by atoms with van der Waals surface area (Å²) in [5.74, 6) is 0. The van der Waals surface area contributed by atoms with Gasteiger partial charge in [-0.3, -0.25) is 0 Å². The zero-order valence-electron chi connectivity index (χ0n) is 7.22. The number of rotatable bonds is 3. The van der Waals surface area contributed by atoms with Crippen molar-refractivity contribution in [3.05, 3.63) is 24.5 Å². The van der Waals surface area contributed by atoms with E-state index >= 15 is 0 Å². The van der Waals surface area contributed by atoms with Crippen molar-refractivity contribution in [3.8, 4) is 0 Å². The number of H-pyrrole nitrogens is 1. The fraction of sp³-hybridized carbons (Fsp3) is 0.556. The highest BCUT2D eigenvalue weighted by Crippen LogP contribution is 1.88. The molecule has 0 saturated carbocycles. The smallest absolute Gasteiger partial charge is 0.000496 e. The van der Waals surface area contributed by atoms with E-state index in [4.69, 9.17) is 5.73 Å². The van der Waals surface area contributed by atoms with Crippen LogP contribution in [0, 0.1) is 0 Å². The molecule has 1 heterocycles. The Morgan fingerprint density at radius 1 is 1.18 bits per heavy atom. The van der Waals surface area contributed by atoms with Crippen molar-refractivity contribution in [2.45, 2.75) is 26.2 Å². The molecule has 1 aromatic heterocycles. The molecule has 0 radical (unpaired) electrons. The SMILES string of the molecule is CCCCCN.c1cc[nH]c1. The fourth-order valence-corrected chi connectivity index (χ4v) is 0.672.